The first-order chi connectivity index (χ1) is 19.8. The van der Waals surface area contributed by atoms with Crippen molar-refractivity contribution in [2.45, 2.75) is 44.6 Å². The molecule has 4 amide bonds. The summed E-state index contributed by atoms with van der Waals surface area (Å²) in [7, 11) is 1.49. The van der Waals surface area contributed by atoms with Crippen LogP contribution in [0.25, 0.3) is 5.52 Å². The first-order valence-electron chi connectivity index (χ1n) is 13.6. The molecule has 2 unspecified atom stereocenters. The molecule has 0 radical (unpaired) electrons. The van der Waals surface area contributed by atoms with Crippen molar-refractivity contribution in [2.24, 2.45) is 5.92 Å². The third-order valence-electron chi connectivity index (χ3n) is 7.77. The van der Waals surface area contributed by atoms with Gasteiger partial charge in [-0.3, -0.25) is 19.4 Å². The average molecular weight is 553 g/mol. The summed E-state index contributed by atoms with van der Waals surface area (Å²) in [5.74, 6) is 2.14. The van der Waals surface area contributed by atoms with Crippen LogP contribution in [0.1, 0.15) is 53.9 Å². The fourth-order valence-corrected chi connectivity index (χ4v) is 5.20. The maximum absolute atomic E-state index is 12.8. The Morgan fingerprint density at radius 1 is 1.07 bits per heavy atom. The van der Waals surface area contributed by atoms with Crippen LogP contribution >= 0.6 is 0 Å². The normalized spacial score (nSPS) is 20.1. The van der Waals surface area contributed by atoms with Crippen molar-refractivity contribution in [2.75, 3.05) is 29.1 Å². The Morgan fingerprint density at radius 3 is 2.66 bits per heavy atom. The van der Waals surface area contributed by atoms with Crippen LogP contribution in [0.3, 0.4) is 0 Å². The Labute approximate surface area is 235 Å². The lowest BCUT2D eigenvalue weighted by Gasteiger charge is -2.17. The second kappa shape index (κ2) is 9.61. The molecule has 2 N–H and O–H groups in total. The number of aromatic nitrogens is 6. The lowest BCUT2D eigenvalue weighted by atomic mass is 10.1. The summed E-state index contributed by atoms with van der Waals surface area (Å²) in [5.41, 5.74) is 3.60. The standard InChI is InChI=1S/C28H28N10O3/c1-15-5-6-29-26(33-15)20-10-21(20)27(40)34-23-11-22(31-14-32-23)30-12-18-9-19-7-17(16-3-4-16)8-24(38(19)35-18)37-13-25(39)36(2)28(37)41/h5-9,11,14,16,20-21H,3-4,10,12-13H2,1-2H3,(H2,30,31,32,34,40). The van der Waals surface area contributed by atoms with Crippen molar-refractivity contribution < 1.29 is 14.4 Å². The number of amides is 4. The van der Waals surface area contributed by atoms with E-state index < -0.39 is 0 Å². The number of urea groups is 1. The molecule has 1 aliphatic heterocycles. The lowest BCUT2D eigenvalue weighted by Crippen LogP contribution is -2.31. The number of nitrogens with zero attached hydrogens (tertiary/aromatic N) is 8. The first-order valence-corrected chi connectivity index (χ1v) is 13.6. The third-order valence-corrected chi connectivity index (χ3v) is 7.77. The van der Waals surface area contributed by atoms with Crippen LogP contribution in [0.2, 0.25) is 0 Å². The second-order valence-electron chi connectivity index (χ2n) is 10.9. The minimum absolute atomic E-state index is 0.0129. The summed E-state index contributed by atoms with van der Waals surface area (Å²) in [6.45, 7) is 2.25. The van der Waals surface area contributed by atoms with Crippen LogP contribution in [0, 0.1) is 12.8 Å². The molecule has 2 saturated carbocycles. The molecule has 1 saturated heterocycles. The van der Waals surface area contributed by atoms with Crippen LogP contribution in [-0.2, 0) is 16.1 Å². The molecule has 4 aromatic heterocycles. The van der Waals surface area contributed by atoms with Crippen LogP contribution in [0.15, 0.2) is 42.9 Å². The molecule has 13 heteroatoms. The monoisotopic (exact) mass is 552 g/mol. The largest absolute Gasteiger partial charge is 0.364 e. The molecule has 5 heterocycles. The van der Waals surface area contributed by atoms with Gasteiger partial charge in [0.2, 0.25) is 5.91 Å². The number of hydrogen-bond acceptors (Lipinski definition) is 9. The van der Waals surface area contributed by atoms with E-state index in [1.54, 1.807) is 16.8 Å². The zero-order valence-corrected chi connectivity index (χ0v) is 22.6. The van der Waals surface area contributed by atoms with E-state index in [4.69, 9.17) is 5.10 Å². The minimum atomic E-state index is -0.362. The van der Waals surface area contributed by atoms with Gasteiger partial charge in [0.05, 0.1) is 17.8 Å². The molecule has 208 valence electrons. The summed E-state index contributed by atoms with van der Waals surface area (Å²) in [5, 5.41) is 10.8. The van der Waals surface area contributed by atoms with E-state index in [0.29, 0.717) is 42.2 Å². The highest BCUT2D eigenvalue weighted by atomic mass is 16.2. The first kappa shape index (κ1) is 25.1. The molecule has 41 heavy (non-hydrogen) atoms. The van der Waals surface area contributed by atoms with Crippen LogP contribution in [0.5, 0.6) is 0 Å². The van der Waals surface area contributed by atoms with Gasteiger partial charge in [-0.1, -0.05) is 0 Å². The maximum Gasteiger partial charge on any atom is 0.332 e. The fourth-order valence-electron chi connectivity index (χ4n) is 5.20. The fraction of sp³-hybridized carbons (Fsp3) is 0.357. The van der Waals surface area contributed by atoms with Gasteiger partial charge < -0.3 is 10.6 Å². The van der Waals surface area contributed by atoms with Crippen molar-refractivity contribution in [1.82, 2.24) is 34.4 Å². The van der Waals surface area contributed by atoms with E-state index in [-0.39, 0.29) is 36.2 Å². The molecule has 2 atom stereocenters. The molecule has 4 aromatic rings. The number of carbonyl (C=O) groups excluding carboxylic acids is 3. The lowest BCUT2D eigenvalue weighted by molar-refractivity contribution is -0.124. The van der Waals surface area contributed by atoms with Gasteiger partial charge >= 0.3 is 6.03 Å². The Bertz CT molecular complexity index is 1710. The Kier molecular flexibility index (Phi) is 5.87. The molecular weight excluding hydrogens is 524 g/mol. The van der Waals surface area contributed by atoms with Crippen molar-refractivity contribution in [3.05, 3.63) is 65.6 Å². The van der Waals surface area contributed by atoms with Crippen LogP contribution < -0.4 is 15.5 Å². The number of hydrogen-bond donors (Lipinski definition) is 2. The molecule has 0 bridgehead atoms. The number of pyridine rings is 1. The second-order valence-corrected chi connectivity index (χ2v) is 10.9. The predicted octanol–water partition coefficient (Wildman–Crippen LogP) is 2.85. The van der Waals surface area contributed by atoms with Crippen LogP contribution in [0.4, 0.5) is 22.2 Å². The molecule has 3 aliphatic rings. The molecule has 2 aliphatic carbocycles. The summed E-state index contributed by atoms with van der Waals surface area (Å²) in [4.78, 5) is 57.6. The van der Waals surface area contributed by atoms with E-state index in [1.807, 2.05) is 25.1 Å². The van der Waals surface area contributed by atoms with Gasteiger partial charge in [0, 0.05) is 36.8 Å². The molecular formula is C28H28N10O3. The minimum Gasteiger partial charge on any atom is -0.364 e. The molecule has 7 rings (SSSR count). The highest BCUT2D eigenvalue weighted by Gasteiger charge is 2.46. The molecule has 3 fully saturated rings. The average Bonchev–Trinajstić information content (AvgIpc) is 3.89. The van der Waals surface area contributed by atoms with Crippen molar-refractivity contribution >= 4 is 40.8 Å². The number of nitrogens with one attached hydrogen (secondary N) is 2. The smallest absolute Gasteiger partial charge is 0.332 e. The summed E-state index contributed by atoms with van der Waals surface area (Å²) in [6.07, 6.45) is 6.03. The topological polar surface area (TPSA) is 151 Å². The van der Waals surface area contributed by atoms with Crippen LogP contribution in [-0.4, -0.2) is 65.9 Å². The Morgan fingerprint density at radius 2 is 1.90 bits per heavy atom. The van der Waals surface area contributed by atoms with E-state index in [0.717, 1.165) is 40.2 Å². The SMILES string of the molecule is Cc1ccnc(C2CC2C(=O)Nc2cc(NCc3cc4cc(C5CC5)cc(N5CC(=O)N(C)C5=O)n4n3)ncn2)n1. The van der Waals surface area contributed by atoms with E-state index in [9.17, 15) is 14.4 Å². The zero-order chi connectivity index (χ0) is 28.2. The summed E-state index contributed by atoms with van der Waals surface area (Å²) in [6, 6.07) is 9.17. The maximum atomic E-state index is 12.8. The number of carbonyl (C=O) groups is 3. The molecule has 0 aromatic carbocycles. The quantitative estimate of drug-likeness (QED) is 0.315. The molecule has 0 spiro atoms. The number of aryl methyl sites for hydroxylation is 1. The van der Waals surface area contributed by atoms with E-state index >= 15 is 0 Å². The van der Waals surface area contributed by atoms with E-state index in [2.05, 4.69) is 36.6 Å². The predicted molar refractivity (Wildman–Crippen MR) is 148 cm³/mol. The van der Waals surface area contributed by atoms with Crippen molar-refractivity contribution in [1.29, 1.82) is 0 Å². The Balaban J connectivity index is 1.05. The number of likely N-dealkylation sites (N-methyl/N-ethyl adjacent to an activating group) is 1. The summed E-state index contributed by atoms with van der Waals surface area (Å²) < 4.78 is 1.71. The Hall–Kier alpha value is -4.94. The molecule has 13 nitrogen and oxygen atoms in total. The van der Waals surface area contributed by atoms with Gasteiger partial charge in [0.15, 0.2) is 0 Å². The zero-order valence-electron chi connectivity index (χ0n) is 22.6. The van der Waals surface area contributed by atoms with Crippen molar-refractivity contribution in [3.8, 4) is 0 Å². The van der Waals surface area contributed by atoms with E-state index in [1.165, 1.54) is 18.3 Å². The van der Waals surface area contributed by atoms with Gasteiger partial charge in [-0.15, -0.1) is 0 Å². The number of fused-ring (bicyclic) bond motifs is 1. The number of rotatable bonds is 8. The van der Waals surface area contributed by atoms with Gasteiger partial charge in [-0.25, -0.2) is 29.2 Å². The summed E-state index contributed by atoms with van der Waals surface area (Å²) >= 11 is 0. The van der Waals surface area contributed by atoms with Gasteiger partial charge in [-0.05, 0) is 61.9 Å². The number of imide groups is 1. The highest BCUT2D eigenvalue weighted by Crippen LogP contribution is 2.46. The number of anilines is 3. The highest BCUT2D eigenvalue weighted by molar-refractivity contribution is 6.11. The van der Waals surface area contributed by atoms with Gasteiger partial charge in [0.25, 0.3) is 5.91 Å². The third kappa shape index (κ3) is 4.83. The van der Waals surface area contributed by atoms with Gasteiger partial charge in [-0.2, -0.15) is 5.10 Å². The van der Waals surface area contributed by atoms with Gasteiger partial charge in [0.1, 0.15) is 36.2 Å². The van der Waals surface area contributed by atoms with Crippen molar-refractivity contribution in [3.63, 3.8) is 0 Å².